The van der Waals surface area contributed by atoms with Crippen LogP contribution in [-0.2, 0) is 4.79 Å². The first-order chi connectivity index (χ1) is 13.1. The number of piperazine rings is 1. The highest BCUT2D eigenvalue weighted by molar-refractivity contribution is 5.92. The monoisotopic (exact) mass is 370 g/mol. The second-order valence-corrected chi connectivity index (χ2v) is 6.06. The number of hydrogen-bond acceptors (Lipinski definition) is 6. The Labute approximate surface area is 157 Å². The average molecular weight is 370 g/mol. The van der Waals surface area contributed by atoms with Gasteiger partial charge in [0, 0.05) is 32.2 Å². The van der Waals surface area contributed by atoms with E-state index in [-0.39, 0.29) is 5.91 Å². The molecule has 2 amide bonds. The molecule has 1 aliphatic heterocycles. The van der Waals surface area contributed by atoms with Gasteiger partial charge in [-0.3, -0.25) is 9.59 Å². The fourth-order valence-corrected chi connectivity index (χ4v) is 2.85. The summed E-state index contributed by atoms with van der Waals surface area (Å²) in [6.45, 7) is 2.12. The smallest absolute Gasteiger partial charge is 0.272 e. The number of anilines is 2. The van der Waals surface area contributed by atoms with Crippen LogP contribution in [0, 0.1) is 0 Å². The van der Waals surface area contributed by atoms with Crippen LogP contribution in [0.3, 0.4) is 0 Å². The number of rotatable bonds is 6. The summed E-state index contributed by atoms with van der Waals surface area (Å²) in [4.78, 5) is 31.0. The van der Waals surface area contributed by atoms with E-state index in [1.807, 2.05) is 18.2 Å². The first-order valence-corrected chi connectivity index (χ1v) is 8.58. The predicted molar refractivity (Wildman–Crippen MR) is 101 cm³/mol. The molecule has 2 heterocycles. The highest BCUT2D eigenvalue weighted by Gasteiger charge is 2.22. The largest absolute Gasteiger partial charge is 0.497 e. The van der Waals surface area contributed by atoms with Gasteiger partial charge in [0.15, 0.2) is 0 Å². The number of nitrogens with one attached hydrogen (secondary N) is 1. The summed E-state index contributed by atoms with van der Waals surface area (Å²) in [6, 6.07) is 8.93. The second-order valence-electron chi connectivity index (χ2n) is 6.06. The number of methoxy groups -OCH3 is 2. The van der Waals surface area contributed by atoms with E-state index < -0.39 is 0 Å². The second kappa shape index (κ2) is 8.39. The fourth-order valence-electron chi connectivity index (χ4n) is 2.85. The summed E-state index contributed by atoms with van der Waals surface area (Å²) in [7, 11) is 3.19. The number of aromatic nitrogens is 1. The van der Waals surface area contributed by atoms with Crippen molar-refractivity contribution in [3.8, 4) is 11.5 Å². The molecule has 1 aromatic carbocycles. The van der Waals surface area contributed by atoms with Crippen LogP contribution in [0.2, 0.25) is 0 Å². The Kier molecular flexibility index (Phi) is 5.75. The topological polar surface area (TPSA) is 84.0 Å². The number of hydrogen-bond donors (Lipinski definition) is 1. The molecule has 8 nitrogen and oxygen atoms in total. The van der Waals surface area contributed by atoms with Crippen molar-refractivity contribution in [3.63, 3.8) is 0 Å². The summed E-state index contributed by atoms with van der Waals surface area (Å²) < 4.78 is 10.6. The minimum absolute atomic E-state index is 0.133. The molecule has 0 aliphatic carbocycles. The molecule has 1 N–H and O–H groups in total. The molecule has 1 saturated heterocycles. The highest BCUT2D eigenvalue weighted by Crippen LogP contribution is 2.31. The Morgan fingerprint density at radius 3 is 2.48 bits per heavy atom. The maximum Gasteiger partial charge on any atom is 0.272 e. The van der Waals surface area contributed by atoms with Crippen molar-refractivity contribution in [2.24, 2.45) is 0 Å². The van der Waals surface area contributed by atoms with Crippen molar-refractivity contribution >= 4 is 23.7 Å². The number of nitrogens with zero attached hydrogens (tertiary/aromatic N) is 3. The molecule has 2 aromatic rings. The van der Waals surface area contributed by atoms with Crippen LogP contribution in [-0.4, -0.2) is 67.5 Å². The molecular weight excluding hydrogens is 348 g/mol. The van der Waals surface area contributed by atoms with E-state index >= 15 is 0 Å². The van der Waals surface area contributed by atoms with Gasteiger partial charge in [-0.2, -0.15) is 0 Å². The molecule has 0 atom stereocenters. The molecule has 0 bridgehead atoms. The first-order valence-electron chi connectivity index (χ1n) is 8.58. The van der Waals surface area contributed by atoms with Gasteiger partial charge in [0.2, 0.25) is 6.41 Å². The van der Waals surface area contributed by atoms with Crippen LogP contribution < -0.4 is 14.8 Å². The number of ether oxygens (including phenoxy) is 2. The molecule has 1 aromatic heterocycles. The lowest BCUT2D eigenvalue weighted by molar-refractivity contribution is -0.119. The van der Waals surface area contributed by atoms with Crippen molar-refractivity contribution in [1.29, 1.82) is 0 Å². The van der Waals surface area contributed by atoms with E-state index in [9.17, 15) is 9.59 Å². The van der Waals surface area contributed by atoms with Crippen LogP contribution in [0.4, 0.5) is 11.4 Å². The molecule has 0 spiro atoms. The van der Waals surface area contributed by atoms with E-state index in [4.69, 9.17) is 9.47 Å². The Balaban J connectivity index is 1.69. The van der Waals surface area contributed by atoms with E-state index in [1.54, 1.807) is 42.3 Å². The minimum atomic E-state index is -0.133. The van der Waals surface area contributed by atoms with Gasteiger partial charge in [0.1, 0.15) is 17.2 Å². The number of pyridine rings is 1. The van der Waals surface area contributed by atoms with Crippen molar-refractivity contribution < 1.29 is 19.1 Å². The van der Waals surface area contributed by atoms with Crippen molar-refractivity contribution in [3.05, 3.63) is 42.2 Å². The highest BCUT2D eigenvalue weighted by atomic mass is 16.5. The maximum absolute atomic E-state index is 12.5. The number of amides is 2. The zero-order chi connectivity index (χ0) is 19.2. The zero-order valence-corrected chi connectivity index (χ0v) is 15.3. The number of carbonyl (C=O) groups is 2. The van der Waals surface area contributed by atoms with Gasteiger partial charge >= 0.3 is 0 Å². The molecule has 1 aliphatic rings. The lowest BCUT2D eigenvalue weighted by Crippen LogP contribution is -2.48. The van der Waals surface area contributed by atoms with Crippen LogP contribution in [0.25, 0.3) is 0 Å². The third-order valence-electron chi connectivity index (χ3n) is 4.42. The maximum atomic E-state index is 12.5. The normalized spacial score (nSPS) is 13.9. The minimum Gasteiger partial charge on any atom is -0.497 e. The summed E-state index contributed by atoms with van der Waals surface area (Å²) in [5.41, 5.74) is 1.84. The Bertz CT molecular complexity index is 802. The molecule has 142 valence electrons. The lowest BCUT2D eigenvalue weighted by Gasteiger charge is -2.32. The van der Waals surface area contributed by atoms with Crippen LogP contribution in [0.5, 0.6) is 11.5 Å². The summed E-state index contributed by atoms with van der Waals surface area (Å²) >= 11 is 0. The van der Waals surface area contributed by atoms with Gasteiger partial charge in [-0.1, -0.05) is 0 Å². The van der Waals surface area contributed by atoms with Gasteiger partial charge in [-0.05, 0) is 24.3 Å². The molecule has 27 heavy (non-hydrogen) atoms. The fraction of sp³-hybridized carbons (Fsp3) is 0.316. The van der Waals surface area contributed by atoms with Gasteiger partial charge in [-0.25, -0.2) is 4.98 Å². The predicted octanol–water partition coefficient (Wildman–Crippen LogP) is 1.76. The van der Waals surface area contributed by atoms with Gasteiger partial charge in [0.25, 0.3) is 5.91 Å². The third kappa shape index (κ3) is 4.28. The number of carbonyl (C=O) groups excluding carboxylic acids is 2. The summed E-state index contributed by atoms with van der Waals surface area (Å²) in [6.07, 6.45) is 2.42. The molecule has 0 unspecified atom stereocenters. The van der Waals surface area contributed by atoms with Gasteiger partial charge < -0.3 is 24.6 Å². The van der Waals surface area contributed by atoms with E-state index in [1.165, 1.54) is 0 Å². The molecule has 0 radical (unpaired) electrons. The SMILES string of the molecule is COc1ccc(OC)c(Nc2ccc(C(=O)N3CCN(C=O)CC3)nc2)c1. The Hall–Kier alpha value is -3.29. The summed E-state index contributed by atoms with van der Waals surface area (Å²) in [5, 5.41) is 3.22. The van der Waals surface area contributed by atoms with Gasteiger partial charge in [-0.15, -0.1) is 0 Å². The van der Waals surface area contributed by atoms with E-state index in [0.717, 1.165) is 17.8 Å². The molecule has 8 heteroatoms. The molecular formula is C19H22N4O4. The van der Waals surface area contributed by atoms with Crippen molar-refractivity contribution in [1.82, 2.24) is 14.8 Å². The average Bonchev–Trinajstić information content (AvgIpc) is 2.73. The van der Waals surface area contributed by atoms with Crippen LogP contribution >= 0.6 is 0 Å². The molecule has 3 rings (SSSR count). The Morgan fingerprint density at radius 1 is 1.11 bits per heavy atom. The third-order valence-corrected chi connectivity index (χ3v) is 4.42. The van der Waals surface area contributed by atoms with Crippen molar-refractivity contribution in [2.45, 2.75) is 0 Å². The van der Waals surface area contributed by atoms with E-state index in [2.05, 4.69) is 10.3 Å². The molecule has 1 fully saturated rings. The standard InChI is InChI=1S/C19H22N4O4/c1-26-15-4-6-18(27-2)17(11-15)21-14-3-5-16(20-12-14)19(25)23-9-7-22(13-24)8-10-23/h3-6,11-13,21H,7-10H2,1-2H3. The molecule has 0 saturated carbocycles. The first kappa shape index (κ1) is 18.5. The summed E-state index contributed by atoms with van der Waals surface area (Å²) in [5.74, 6) is 1.24. The van der Waals surface area contributed by atoms with E-state index in [0.29, 0.717) is 43.4 Å². The quantitative estimate of drug-likeness (QED) is 0.780. The number of benzene rings is 1. The lowest BCUT2D eigenvalue weighted by atomic mass is 10.2. The zero-order valence-electron chi connectivity index (χ0n) is 15.3. The Morgan fingerprint density at radius 2 is 1.89 bits per heavy atom. The van der Waals surface area contributed by atoms with Crippen LogP contribution in [0.15, 0.2) is 36.5 Å². The van der Waals surface area contributed by atoms with Gasteiger partial charge in [0.05, 0.1) is 31.8 Å². The van der Waals surface area contributed by atoms with Crippen molar-refractivity contribution in [2.75, 3.05) is 45.7 Å². The van der Waals surface area contributed by atoms with Crippen LogP contribution in [0.1, 0.15) is 10.5 Å².